The van der Waals surface area contributed by atoms with Crippen LogP contribution >= 0.6 is 0 Å². The normalized spacial score (nSPS) is 13.1. The molecular formula is C37H36N2O4. The molecule has 0 saturated heterocycles. The van der Waals surface area contributed by atoms with Gasteiger partial charge in [0.1, 0.15) is 23.0 Å². The molecule has 0 N–H and O–H groups in total. The van der Waals surface area contributed by atoms with Crippen LogP contribution in [0.15, 0.2) is 78.9 Å². The van der Waals surface area contributed by atoms with Crippen molar-refractivity contribution in [3.63, 3.8) is 0 Å². The Kier molecular flexibility index (Phi) is 6.57. The van der Waals surface area contributed by atoms with Crippen molar-refractivity contribution in [2.24, 2.45) is 0 Å². The fourth-order valence-electron chi connectivity index (χ4n) is 7.19. The number of benzene rings is 4. The number of rotatable bonds is 5. The van der Waals surface area contributed by atoms with Crippen LogP contribution in [0.4, 0.5) is 0 Å². The first-order valence-corrected chi connectivity index (χ1v) is 14.6. The summed E-state index contributed by atoms with van der Waals surface area (Å²) in [5.74, 6) is 3.11. The van der Waals surface area contributed by atoms with Crippen LogP contribution < -0.4 is 18.9 Å². The largest absolute Gasteiger partial charge is 0.497 e. The van der Waals surface area contributed by atoms with Crippen LogP contribution in [-0.2, 0) is 13.1 Å². The molecule has 0 radical (unpaired) electrons. The summed E-state index contributed by atoms with van der Waals surface area (Å²) >= 11 is 0. The van der Waals surface area contributed by atoms with E-state index in [4.69, 9.17) is 18.9 Å². The minimum Gasteiger partial charge on any atom is -0.497 e. The van der Waals surface area contributed by atoms with Crippen LogP contribution in [0.2, 0.25) is 0 Å². The van der Waals surface area contributed by atoms with Crippen LogP contribution in [0.5, 0.6) is 23.0 Å². The molecule has 0 saturated carbocycles. The molecular weight excluding hydrogens is 536 g/mol. The highest BCUT2D eigenvalue weighted by Gasteiger charge is 2.34. The number of hydrogen-bond acceptors (Lipinski definition) is 4. The van der Waals surface area contributed by atoms with Gasteiger partial charge in [0.05, 0.1) is 45.4 Å². The molecule has 6 heteroatoms. The monoisotopic (exact) mass is 572 g/mol. The molecule has 6 aromatic rings. The van der Waals surface area contributed by atoms with E-state index in [9.17, 15) is 0 Å². The Morgan fingerprint density at radius 3 is 1.42 bits per heavy atom. The third kappa shape index (κ3) is 4.08. The molecule has 0 bridgehead atoms. The molecule has 43 heavy (non-hydrogen) atoms. The van der Waals surface area contributed by atoms with Gasteiger partial charge < -0.3 is 28.1 Å². The van der Waals surface area contributed by atoms with E-state index in [0.717, 1.165) is 57.9 Å². The molecule has 0 fully saturated rings. The maximum atomic E-state index is 5.99. The first kappa shape index (κ1) is 27.0. The molecule has 1 aliphatic heterocycles. The molecule has 0 amide bonds. The summed E-state index contributed by atoms with van der Waals surface area (Å²) in [6, 6.07) is 27.9. The van der Waals surface area contributed by atoms with Crippen LogP contribution in [0.25, 0.3) is 21.8 Å². The second-order valence-corrected chi connectivity index (χ2v) is 11.3. The Morgan fingerprint density at radius 1 is 0.558 bits per heavy atom. The number of nitrogens with zero attached hydrogens (tertiary/aromatic N) is 2. The van der Waals surface area contributed by atoms with Gasteiger partial charge in [0.25, 0.3) is 0 Å². The summed E-state index contributed by atoms with van der Waals surface area (Å²) in [5, 5.41) is 2.22. The van der Waals surface area contributed by atoms with Crippen LogP contribution in [0.3, 0.4) is 0 Å². The molecule has 0 unspecified atom stereocenters. The predicted octanol–water partition coefficient (Wildman–Crippen LogP) is 7.84. The number of methoxy groups -OCH3 is 4. The second-order valence-electron chi connectivity index (χ2n) is 11.3. The molecule has 3 heterocycles. The fraction of sp³-hybridized carbons (Fsp3) is 0.243. The lowest BCUT2D eigenvalue weighted by molar-refractivity contribution is 0.397. The highest BCUT2D eigenvalue weighted by molar-refractivity contribution is 5.95. The van der Waals surface area contributed by atoms with Crippen molar-refractivity contribution >= 4 is 21.8 Å². The summed E-state index contributed by atoms with van der Waals surface area (Å²) in [7, 11) is 6.89. The van der Waals surface area contributed by atoms with Gasteiger partial charge in [0.2, 0.25) is 0 Å². The first-order valence-electron chi connectivity index (χ1n) is 14.6. The molecule has 7 rings (SSSR count). The van der Waals surface area contributed by atoms with Crippen molar-refractivity contribution in [1.82, 2.24) is 9.13 Å². The zero-order chi connectivity index (χ0) is 29.8. The van der Waals surface area contributed by atoms with Gasteiger partial charge in [-0.25, -0.2) is 0 Å². The quantitative estimate of drug-likeness (QED) is 0.211. The lowest BCUT2D eigenvalue weighted by atomic mass is 9.87. The summed E-state index contributed by atoms with van der Waals surface area (Å²) in [6.07, 6.45) is 0. The van der Waals surface area contributed by atoms with Crippen molar-refractivity contribution in [2.75, 3.05) is 28.4 Å². The lowest BCUT2D eigenvalue weighted by Crippen LogP contribution is -2.15. The maximum absolute atomic E-state index is 5.99. The molecule has 0 aliphatic carbocycles. The first-order chi connectivity index (χ1) is 21.0. The number of aryl methyl sites for hydroxylation is 2. The average molecular weight is 573 g/mol. The van der Waals surface area contributed by atoms with Crippen LogP contribution in [0, 0.1) is 13.8 Å². The van der Waals surface area contributed by atoms with Gasteiger partial charge in [-0.05, 0) is 41.7 Å². The lowest BCUT2D eigenvalue weighted by Gasteiger charge is -2.24. The summed E-state index contributed by atoms with van der Waals surface area (Å²) in [4.78, 5) is 0. The summed E-state index contributed by atoms with van der Waals surface area (Å²) in [6.45, 7) is 5.91. The van der Waals surface area contributed by atoms with Crippen molar-refractivity contribution in [3.05, 3.63) is 118 Å². The Balaban J connectivity index is 1.70. The Bertz CT molecular complexity index is 1880. The van der Waals surface area contributed by atoms with E-state index in [2.05, 4.69) is 89.7 Å². The van der Waals surface area contributed by atoms with Gasteiger partial charge >= 0.3 is 0 Å². The number of aromatic nitrogens is 2. The number of ether oxygens (including phenoxy) is 4. The Morgan fingerprint density at radius 2 is 1.00 bits per heavy atom. The third-order valence-electron chi connectivity index (χ3n) is 9.16. The highest BCUT2D eigenvalue weighted by Crippen LogP contribution is 2.48. The van der Waals surface area contributed by atoms with E-state index in [0.29, 0.717) is 0 Å². The van der Waals surface area contributed by atoms with E-state index < -0.39 is 0 Å². The van der Waals surface area contributed by atoms with Gasteiger partial charge in [-0.15, -0.1) is 0 Å². The topological polar surface area (TPSA) is 46.8 Å². The minimum atomic E-state index is -0.0679. The molecule has 0 spiro atoms. The zero-order valence-corrected chi connectivity index (χ0v) is 25.5. The van der Waals surface area contributed by atoms with Gasteiger partial charge in [-0.2, -0.15) is 0 Å². The Hall–Kier alpha value is -4.84. The highest BCUT2D eigenvalue weighted by atomic mass is 16.5. The SMILES string of the molecule is COc1cc(OC)c2c(C)c3n(c2c1)Cc1ccccc1Cn1c(c(C)c2c(OC)cc(OC)cc21)C3c1ccccc1. The average Bonchev–Trinajstić information content (AvgIpc) is 3.49. The summed E-state index contributed by atoms with van der Waals surface area (Å²) in [5.41, 5.74) is 10.8. The Labute approximate surface area is 252 Å². The van der Waals surface area contributed by atoms with E-state index >= 15 is 0 Å². The van der Waals surface area contributed by atoms with Gasteiger partial charge in [-0.1, -0.05) is 54.6 Å². The van der Waals surface area contributed by atoms with E-state index in [-0.39, 0.29) is 5.92 Å². The van der Waals surface area contributed by atoms with Crippen LogP contribution in [-0.4, -0.2) is 37.6 Å². The zero-order valence-electron chi connectivity index (χ0n) is 25.5. The molecule has 218 valence electrons. The third-order valence-corrected chi connectivity index (χ3v) is 9.16. The van der Waals surface area contributed by atoms with E-state index in [1.54, 1.807) is 28.4 Å². The second kappa shape index (κ2) is 10.5. The number of fused-ring (bicyclic) bond motifs is 7. The molecule has 2 aromatic heterocycles. The molecule has 4 aromatic carbocycles. The van der Waals surface area contributed by atoms with Crippen molar-refractivity contribution in [3.8, 4) is 23.0 Å². The molecule has 0 atom stereocenters. The van der Waals surface area contributed by atoms with E-state index in [1.807, 2.05) is 12.1 Å². The maximum Gasteiger partial charge on any atom is 0.132 e. The smallest absolute Gasteiger partial charge is 0.132 e. The standard InChI is InChI=1S/C37H36N2O4/c1-22-33-29(16-27(40-3)18-31(33)42-5)38-20-25-14-10-11-15-26(25)21-39-30-17-28(41-4)19-32(43-6)34(30)23(2)37(39)35(36(22)38)24-12-8-7-9-13-24/h7-19,35H,20-21H2,1-6H3. The van der Waals surface area contributed by atoms with Crippen molar-refractivity contribution < 1.29 is 18.9 Å². The van der Waals surface area contributed by atoms with Gasteiger partial charge in [0, 0.05) is 59.5 Å². The van der Waals surface area contributed by atoms with Gasteiger partial charge in [-0.3, -0.25) is 0 Å². The predicted molar refractivity (Wildman–Crippen MR) is 172 cm³/mol. The van der Waals surface area contributed by atoms with Crippen molar-refractivity contribution in [2.45, 2.75) is 32.9 Å². The minimum absolute atomic E-state index is 0.0679. The van der Waals surface area contributed by atoms with Crippen LogP contribution in [0.1, 0.15) is 45.1 Å². The van der Waals surface area contributed by atoms with E-state index in [1.165, 1.54) is 39.2 Å². The van der Waals surface area contributed by atoms with Gasteiger partial charge in [0.15, 0.2) is 0 Å². The molecule has 1 aliphatic rings. The number of hydrogen-bond donors (Lipinski definition) is 0. The van der Waals surface area contributed by atoms with Crippen molar-refractivity contribution in [1.29, 1.82) is 0 Å². The summed E-state index contributed by atoms with van der Waals surface area (Å²) < 4.78 is 28.5. The fourth-order valence-corrected chi connectivity index (χ4v) is 7.19. The molecule has 6 nitrogen and oxygen atoms in total.